The minimum absolute atomic E-state index is 0.156. The Morgan fingerprint density at radius 2 is 1.84 bits per heavy atom. The van der Waals surface area contributed by atoms with Crippen molar-refractivity contribution in [2.45, 2.75) is 46.1 Å². The summed E-state index contributed by atoms with van der Waals surface area (Å²) < 4.78 is 13.0. The molecular weight excluding hydrogens is 407 g/mol. The third kappa shape index (κ3) is 5.07. The molecule has 0 spiro atoms. The number of hydrogen-bond donors (Lipinski definition) is 1. The van der Waals surface area contributed by atoms with E-state index in [1.54, 1.807) is 18.3 Å². The van der Waals surface area contributed by atoms with Crippen molar-refractivity contribution in [3.63, 3.8) is 0 Å². The fourth-order valence-electron chi connectivity index (χ4n) is 4.00. The quantitative estimate of drug-likeness (QED) is 0.660. The van der Waals surface area contributed by atoms with Crippen LogP contribution < -0.4 is 10.2 Å². The lowest BCUT2D eigenvalue weighted by molar-refractivity contribution is 0.0949. The van der Waals surface area contributed by atoms with Crippen molar-refractivity contribution in [3.8, 4) is 0 Å². The molecule has 3 heterocycles. The minimum Gasteiger partial charge on any atom is -0.348 e. The van der Waals surface area contributed by atoms with E-state index >= 15 is 0 Å². The third-order valence-corrected chi connectivity index (χ3v) is 5.65. The van der Waals surface area contributed by atoms with E-state index in [9.17, 15) is 9.18 Å². The fraction of sp³-hybridized carbons (Fsp3) is 0.375. The predicted molar refractivity (Wildman–Crippen MR) is 120 cm³/mol. The van der Waals surface area contributed by atoms with Crippen molar-refractivity contribution >= 4 is 11.9 Å². The molecule has 1 saturated heterocycles. The molecule has 1 atom stereocenters. The van der Waals surface area contributed by atoms with Gasteiger partial charge in [0.05, 0.1) is 11.3 Å². The summed E-state index contributed by atoms with van der Waals surface area (Å²) in [6.07, 6.45) is 3.59. The normalized spacial score (nSPS) is 16.1. The Labute approximate surface area is 187 Å². The van der Waals surface area contributed by atoms with Crippen molar-refractivity contribution in [3.05, 3.63) is 76.4 Å². The summed E-state index contributed by atoms with van der Waals surface area (Å²) in [6.45, 7) is 7.75. The number of rotatable bonds is 5. The smallest absolute Gasteiger partial charge is 0.254 e. The van der Waals surface area contributed by atoms with Crippen LogP contribution in [0.3, 0.4) is 0 Å². The van der Waals surface area contributed by atoms with Crippen LogP contribution in [0, 0.1) is 26.6 Å². The highest BCUT2D eigenvalue weighted by atomic mass is 19.1. The lowest BCUT2D eigenvalue weighted by Crippen LogP contribution is -2.36. The molecule has 4 rings (SSSR count). The molecule has 8 heteroatoms. The average Bonchev–Trinajstić information content (AvgIpc) is 2.78. The molecule has 1 aromatic carbocycles. The van der Waals surface area contributed by atoms with Gasteiger partial charge in [-0.3, -0.25) is 4.79 Å². The molecule has 0 unspecified atom stereocenters. The number of amides is 1. The molecule has 2 aromatic heterocycles. The maximum Gasteiger partial charge on any atom is 0.254 e. The summed E-state index contributed by atoms with van der Waals surface area (Å²) in [6, 6.07) is 8.02. The molecule has 166 valence electrons. The van der Waals surface area contributed by atoms with Gasteiger partial charge in [0.15, 0.2) is 0 Å². The highest BCUT2D eigenvalue weighted by molar-refractivity contribution is 5.94. The number of piperidine rings is 1. The molecule has 0 bridgehead atoms. The van der Waals surface area contributed by atoms with E-state index in [0.717, 1.165) is 54.7 Å². The molecular formula is C24H27FN6O. The number of halogens is 1. The Hall–Kier alpha value is -3.42. The lowest BCUT2D eigenvalue weighted by Gasteiger charge is -2.32. The van der Waals surface area contributed by atoms with E-state index < -0.39 is 0 Å². The van der Waals surface area contributed by atoms with Crippen molar-refractivity contribution in [1.82, 2.24) is 25.3 Å². The molecule has 1 fully saturated rings. The van der Waals surface area contributed by atoms with Crippen LogP contribution in [0.5, 0.6) is 0 Å². The molecule has 3 aromatic rings. The number of carbonyl (C=O) groups is 1. The number of benzene rings is 1. The van der Waals surface area contributed by atoms with Crippen LogP contribution in [0.15, 0.2) is 36.5 Å². The van der Waals surface area contributed by atoms with Crippen molar-refractivity contribution in [2.75, 3.05) is 18.0 Å². The first kappa shape index (κ1) is 21.8. The number of aryl methyl sites for hydroxylation is 3. The van der Waals surface area contributed by atoms with E-state index in [4.69, 9.17) is 0 Å². The predicted octanol–water partition coefficient (Wildman–Crippen LogP) is 3.64. The highest BCUT2D eigenvalue weighted by Crippen LogP contribution is 2.27. The summed E-state index contributed by atoms with van der Waals surface area (Å²) in [4.78, 5) is 33.2. The Balaban J connectivity index is 1.43. The van der Waals surface area contributed by atoms with Gasteiger partial charge in [0.25, 0.3) is 5.91 Å². The van der Waals surface area contributed by atoms with Gasteiger partial charge in [0.1, 0.15) is 11.6 Å². The average molecular weight is 435 g/mol. The van der Waals surface area contributed by atoms with Gasteiger partial charge in [-0.1, -0.05) is 12.1 Å². The second kappa shape index (κ2) is 9.38. The molecule has 32 heavy (non-hydrogen) atoms. The molecule has 0 saturated carbocycles. The summed E-state index contributed by atoms with van der Waals surface area (Å²) in [5.74, 6) is 1.10. The van der Waals surface area contributed by atoms with Gasteiger partial charge in [0.2, 0.25) is 5.95 Å². The highest BCUT2D eigenvalue weighted by Gasteiger charge is 2.26. The zero-order valence-electron chi connectivity index (χ0n) is 18.6. The van der Waals surface area contributed by atoms with Gasteiger partial charge in [-0.15, -0.1) is 0 Å². The van der Waals surface area contributed by atoms with Gasteiger partial charge in [0, 0.05) is 43.1 Å². The zero-order valence-corrected chi connectivity index (χ0v) is 18.6. The molecule has 0 aliphatic carbocycles. The van der Waals surface area contributed by atoms with Crippen LogP contribution in [0.1, 0.15) is 57.6 Å². The number of aromatic nitrogens is 4. The SMILES string of the molecule is Cc1cc(C)nc(N2CCC[C@@H](c3ncc(C(=O)NCc4ccc(F)cc4)c(C)n3)C2)n1. The Morgan fingerprint density at radius 3 is 2.53 bits per heavy atom. The minimum atomic E-state index is -0.301. The van der Waals surface area contributed by atoms with E-state index in [1.807, 2.05) is 26.8 Å². The second-order valence-electron chi connectivity index (χ2n) is 8.27. The Bertz CT molecular complexity index is 1100. The van der Waals surface area contributed by atoms with Crippen LogP contribution in [-0.4, -0.2) is 38.9 Å². The number of nitrogens with zero attached hydrogens (tertiary/aromatic N) is 5. The van der Waals surface area contributed by atoms with Gasteiger partial charge >= 0.3 is 0 Å². The molecule has 1 amide bonds. The van der Waals surface area contributed by atoms with Crippen LogP contribution in [0.4, 0.5) is 10.3 Å². The van der Waals surface area contributed by atoms with Crippen LogP contribution in [0.2, 0.25) is 0 Å². The first-order valence-corrected chi connectivity index (χ1v) is 10.8. The molecule has 1 aliphatic heterocycles. The van der Waals surface area contributed by atoms with E-state index in [1.165, 1.54) is 12.1 Å². The first-order chi connectivity index (χ1) is 15.4. The Kier molecular flexibility index (Phi) is 6.39. The van der Waals surface area contributed by atoms with Crippen LogP contribution in [0.25, 0.3) is 0 Å². The maximum absolute atomic E-state index is 13.0. The molecule has 0 radical (unpaired) electrons. The molecule has 7 nitrogen and oxygen atoms in total. The largest absolute Gasteiger partial charge is 0.348 e. The van der Waals surface area contributed by atoms with E-state index in [-0.39, 0.29) is 17.6 Å². The van der Waals surface area contributed by atoms with Crippen LogP contribution >= 0.6 is 0 Å². The zero-order chi connectivity index (χ0) is 22.7. The Morgan fingerprint density at radius 1 is 1.12 bits per heavy atom. The van der Waals surface area contributed by atoms with Crippen LogP contribution in [-0.2, 0) is 6.54 Å². The summed E-state index contributed by atoms with van der Waals surface area (Å²) in [5, 5.41) is 2.85. The van der Waals surface area contributed by atoms with Gasteiger partial charge in [-0.25, -0.2) is 24.3 Å². The second-order valence-corrected chi connectivity index (χ2v) is 8.27. The van der Waals surface area contributed by atoms with Gasteiger partial charge in [-0.05, 0) is 57.4 Å². The number of nitrogens with one attached hydrogen (secondary N) is 1. The first-order valence-electron chi connectivity index (χ1n) is 10.8. The van der Waals surface area contributed by atoms with Crippen molar-refractivity contribution in [1.29, 1.82) is 0 Å². The molecule has 1 N–H and O–H groups in total. The standard InChI is InChI=1S/C24H27FN6O/c1-15-11-16(2)29-24(28-15)31-10-4-5-19(14-31)22-26-13-21(17(3)30-22)23(32)27-12-18-6-8-20(25)9-7-18/h6-9,11,13,19H,4-5,10,12,14H2,1-3H3,(H,27,32)/t19-/m1/s1. The number of carbonyl (C=O) groups excluding carboxylic acids is 1. The van der Waals surface area contributed by atoms with Gasteiger partial charge < -0.3 is 10.2 Å². The molecule has 1 aliphatic rings. The summed E-state index contributed by atoms with van der Waals surface area (Å²) in [7, 11) is 0. The van der Waals surface area contributed by atoms with Gasteiger partial charge in [-0.2, -0.15) is 0 Å². The lowest BCUT2D eigenvalue weighted by atomic mass is 9.97. The van der Waals surface area contributed by atoms with E-state index in [2.05, 4.69) is 30.2 Å². The topological polar surface area (TPSA) is 83.9 Å². The summed E-state index contributed by atoms with van der Waals surface area (Å²) >= 11 is 0. The number of hydrogen-bond acceptors (Lipinski definition) is 6. The maximum atomic E-state index is 13.0. The van der Waals surface area contributed by atoms with Crippen molar-refractivity contribution < 1.29 is 9.18 Å². The number of anilines is 1. The summed E-state index contributed by atoms with van der Waals surface area (Å²) in [5.41, 5.74) is 3.83. The van der Waals surface area contributed by atoms with E-state index in [0.29, 0.717) is 17.8 Å². The monoisotopic (exact) mass is 434 g/mol. The fourth-order valence-corrected chi connectivity index (χ4v) is 4.00. The third-order valence-electron chi connectivity index (χ3n) is 5.65. The van der Waals surface area contributed by atoms with Crippen molar-refractivity contribution in [2.24, 2.45) is 0 Å².